The van der Waals surface area contributed by atoms with Gasteiger partial charge in [0.05, 0.1) is 11.4 Å². The number of ketones is 1. The van der Waals surface area contributed by atoms with Crippen LogP contribution in [0.2, 0.25) is 0 Å². The first-order chi connectivity index (χ1) is 12.5. The van der Waals surface area contributed by atoms with Crippen molar-refractivity contribution in [1.29, 1.82) is 0 Å². The second-order valence-electron chi connectivity index (χ2n) is 6.69. The van der Waals surface area contributed by atoms with Gasteiger partial charge in [0, 0.05) is 17.6 Å². The third kappa shape index (κ3) is 3.95. The van der Waals surface area contributed by atoms with E-state index in [0.717, 1.165) is 18.5 Å². The Balaban J connectivity index is 1.69. The summed E-state index contributed by atoms with van der Waals surface area (Å²) in [5.74, 6) is 0.440. The molecule has 0 spiro atoms. The fourth-order valence-corrected chi connectivity index (χ4v) is 4.14. The molecule has 1 aromatic heterocycles. The van der Waals surface area contributed by atoms with Gasteiger partial charge in [0.1, 0.15) is 0 Å². The van der Waals surface area contributed by atoms with Crippen LogP contribution in [-0.4, -0.2) is 54.6 Å². The number of benzene rings is 1. The van der Waals surface area contributed by atoms with E-state index in [1.54, 1.807) is 28.9 Å². The molecule has 2 atom stereocenters. The van der Waals surface area contributed by atoms with Gasteiger partial charge in [-0.1, -0.05) is 11.8 Å². The van der Waals surface area contributed by atoms with Gasteiger partial charge >= 0.3 is 0 Å². The van der Waals surface area contributed by atoms with Crippen LogP contribution in [-0.2, 0) is 4.79 Å². The van der Waals surface area contributed by atoms with Gasteiger partial charge in [0.2, 0.25) is 11.1 Å². The minimum Gasteiger partial charge on any atom is -0.337 e. The van der Waals surface area contributed by atoms with Gasteiger partial charge in [-0.05, 0) is 74.7 Å². The summed E-state index contributed by atoms with van der Waals surface area (Å²) >= 11 is 1.33. The molecule has 3 rings (SSSR count). The Morgan fingerprint density at radius 2 is 1.81 bits per heavy atom. The molecule has 0 unspecified atom stereocenters. The van der Waals surface area contributed by atoms with E-state index in [4.69, 9.17) is 0 Å². The Hall–Kier alpha value is -2.22. The molecular weight excluding hydrogens is 350 g/mol. The summed E-state index contributed by atoms with van der Waals surface area (Å²) in [5.41, 5.74) is 1.40. The molecule has 8 heteroatoms. The quantitative estimate of drug-likeness (QED) is 0.592. The van der Waals surface area contributed by atoms with Crippen LogP contribution < -0.4 is 0 Å². The monoisotopic (exact) mass is 373 g/mol. The molecule has 0 bridgehead atoms. The average molecular weight is 373 g/mol. The zero-order valence-electron chi connectivity index (χ0n) is 15.3. The standard InChI is InChI=1S/C18H23N5O2S/c1-12-5-4-6-13(2)22(12)17(25)11-26-18-19-20-21-23(18)16-9-7-15(8-10-16)14(3)24/h7-10,12-13H,4-6,11H2,1-3H3/t12-,13-/m1/s1. The van der Waals surface area contributed by atoms with Crippen molar-refractivity contribution in [2.45, 2.75) is 57.3 Å². The third-order valence-electron chi connectivity index (χ3n) is 4.77. The van der Waals surface area contributed by atoms with Gasteiger partial charge in [-0.25, -0.2) is 0 Å². The summed E-state index contributed by atoms with van der Waals surface area (Å²) in [5, 5.41) is 12.3. The van der Waals surface area contributed by atoms with Crippen LogP contribution >= 0.6 is 11.8 Å². The van der Waals surface area contributed by atoms with Crippen molar-refractivity contribution in [2.24, 2.45) is 0 Å². The number of aromatic nitrogens is 4. The Morgan fingerprint density at radius 1 is 1.15 bits per heavy atom. The second kappa shape index (κ2) is 7.99. The van der Waals surface area contributed by atoms with Gasteiger partial charge in [-0.15, -0.1) is 5.10 Å². The zero-order valence-corrected chi connectivity index (χ0v) is 16.1. The molecule has 1 fully saturated rings. The van der Waals surface area contributed by atoms with Crippen molar-refractivity contribution in [3.8, 4) is 5.69 Å². The van der Waals surface area contributed by atoms with Crippen LogP contribution in [0.25, 0.3) is 5.69 Å². The topological polar surface area (TPSA) is 81.0 Å². The Bertz CT molecular complexity index is 779. The molecule has 0 radical (unpaired) electrons. The molecule has 26 heavy (non-hydrogen) atoms. The number of rotatable bonds is 5. The molecule has 1 aliphatic rings. The van der Waals surface area contributed by atoms with E-state index in [0.29, 0.717) is 16.5 Å². The molecule has 1 aliphatic heterocycles. The van der Waals surface area contributed by atoms with E-state index in [1.165, 1.54) is 25.1 Å². The number of likely N-dealkylation sites (tertiary alicyclic amines) is 1. The molecule has 1 amide bonds. The molecule has 1 saturated heterocycles. The van der Waals surface area contributed by atoms with E-state index in [2.05, 4.69) is 29.4 Å². The van der Waals surface area contributed by atoms with Gasteiger partial charge in [0.25, 0.3) is 0 Å². The molecule has 0 saturated carbocycles. The fraction of sp³-hybridized carbons (Fsp3) is 0.500. The van der Waals surface area contributed by atoms with Crippen molar-refractivity contribution in [3.05, 3.63) is 29.8 Å². The predicted molar refractivity (Wildman–Crippen MR) is 99.5 cm³/mol. The lowest BCUT2D eigenvalue weighted by atomic mass is 9.98. The van der Waals surface area contributed by atoms with Gasteiger partial charge in [-0.3, -0.25) is 9.59 Å². The summed E-state index contributed by atoms with van der Waals surface area (Å²) in [6.45, 7) is 5.75. The van der Waals surface area contributed by atoms with Crippen LogP contribution in [0.3, 0.4) is 0 Å². The number of amides is 1. The number of Topliss-reactive ketones (excluding diaryl/α,β-unsaturated/α-hetero) is 1. The van der Waals surface area contributed by atoms with Gasteiger partial charge < -0.3 is 4.90 Å². The predicted octanol–water partition coefficient (Wildman–Crippen LogP) is 2.75. The number of hydrogen-bond donors (Lipinski definition) is 0. The van der Waals surface area contributed by atoms with Crippen molar-refractivity contribution >= 4 is 23.5 Å². The minimum atomic E-state index is 0.0123. The van der Waals surface area contributed by atoms with Crippen molar-refractivity contribution in [1.82, 2.24) is 25.1 Å². The van der Waals surface area contributed by atoms with Crippen molar-refractivity contribution in [3.63, 3.8) is 0 Å². The SMILES string of the molecule is CC(=O)c1ccc(-n2nnnc2SCC(=O)N2[C@H](C)CCC[C@H]2C)cc1. The normalized spacial score (nSPS) is 20.2. The number of piperidine rings is 1. The molecule has 1 aromatic carbocycles. The maximum atomic E-state index is 12.7. The summed E-state index contributed by atoms with van der Waals surface area (Å²) in [4.78, 5) is 26.1. The number of hydrogen-bond acceptors (Lipinski definition) is 6. The number of tetrazole rings is 1. The number of carbonyl (C=O) groups excluding carboxylic acids is 2. The Morgan fingerprint density at radius 3 is 2.42 bits per heavy atom. The molecular formula is C18H23N5O2S. The first kappa shape index (κ1) is 18.6. The van der Waals surface area contributed by atoms with Crippen LogP contribution in [0.15, 0.2) is 29.4 Å². The minimum absolute atomic E-state index is 0.0123. The number of nitrogens with zero attached hydrogens (tertiary/aromatic N) is 5. The van der Waals surface area contributed by atoms with E-state index < -0.39 is 0 Å². The maximum absolute atomic E-state index is 12.7. The summed E-state index contributed by atoms with van der Waals surface area (Å²) in [6, 6.07) is 7.65. The lowest BCUT2D eigenvalue weighted by Gasteiger charge is -2.39. The van der Waals surface area contributed by atoms with E-state index >= 15 is 0 Å². The third-order valence-corrected chi connectivity index (χ3v) is 5.67. The second-order valence-corrected chi connectivity index (χ2v) is 7.64. The zero-order chi connectivity index (χ0) is 18.7. The first-order valence-electron chi connectivity index (χ1n) is 8.81. The molecule has 7 nitrogen and oxygen atoms in total. The summed E-state index contributed by atoms with van der Waals surface area (Å²) in [7, 11) is 0. The van der Waals surface area contributed by atoms with Crippen molar-refractivity contribution < 1.29 is 9.59 Å². The lowest BCUT2D eigenvalue weighted by molar-refractivity contribution is -0.134. The summed E-state index contributed by atoms with van der Waals surface area (Å²) in [6.07, 6.45) is 3.29. The highest BCUT2D eigenvalue weighted by atomic mass is 32.2. The fourth-order valence-electron chi connectivity index (χ4n) is 3.38. The van der Waals surface area contributed by atoms with E-state index in [1.807, 2.05) is 4.90 Å². The molecule has 138 valence electrons. The molecule has 2 aromatic rings. The molecule has 0 aliphatic carbocycles. The van der Waals surface area contributed by atoms with Crippen LogP contribution in [0.4, 0.5) is 0 Å². The largest absolute Gasteiger partial charge is 0.337 e. The molecule has 0 N–H and O–H groups in total. The highest BCUT2D eigenvalue weighted by Crippen LogP contribution is 2.25. The van der Waals surface area contributed by atoms with Gasteiger partial charge in [0.15, 0.2) is 5.78 Å². The molecule has 2 heterocycles. The highest BCUT2D eigenvalue weighted by Gasteiger charge is 2.29. The highest BCUT2D eigenvalue weighted by molar-refractivity contribution is 7.99. The smallest absolute Gasteiger partial charge is 0.233 e. The lowest BCUT2D eigenvalue weighted by Crippen LogP contribution is -2.48. The average Bonchev–Trinajstić information content (AvgIpc) is 3.08. The van der Waals surface area contributed by atoms with E-state index in [-0.39, 0.29) is 23.8 Å². The summed E-state index contributed by atoms with van der Waals surface area (Å²) < 4.78 is 1.59. The maximum Gasteiger partial charge on any atom is 0.233 e. The number of carbonyl (C=O) groups is 2. The first-order valence-corrected chi connectivity index (χ1v) is 9.79. The number of thioether (sulfide) groups is 1. The van der Waals surface area contributed by atoms with E-state index in [9.17, 15) is 9.59 Å². The Labute approximate surface area is 157 Å². The van der Waals surface area contributed by atoms with Gasteiger partial charge in [-0.2, -0.15) is 4.68 Å². The van der Waals surface area contributed by atoms with Crippen LogP contribution in [0, 0.1) is 0 Å². The van der Waals surface area contributed by atoms with Crippen molar-refractivity contribution in [2.75, 3.05) is 5.75 Å². The van der Waals surface area contributed by atoms with Crippen LogP contribution in [0.5, 0.6) is 0 Å². The Kier molecular flexibility index (Phi) is 5.70. The van der Waals surface area contributed by atoms with Crippen LogP contribution in [0.1, 0.15) is 50.4 Å².